The normalized spacial score (nSPS) is 18.3. The van der Waals surface area contributed by atoms with Gasteiger partial charge in [0.1, 0.15) is 11.5 Å². The van der Waals surface area contributed by atoms with Crippen molar-refractivity contribution >= 4 is 0 Å². The second-order valence-electron chi connectivity index (χ2n) is 2.62. The highest BCUT2D eigenvalue weighted by Gasteiger charge is 2.26. The Morgan fingerprint density at radius 2 is 2.44 bits per heavy atom. The van der Waals surface area contributed by atoms with E-state index < -0.39 is 0 Å². The molecule has 1 radical (unpaired) electrons. The van der Waals surface area contributed by atoms with Crippen molar-refractivity contribution in [1.29, 1.82) is 0 Å². The minimum Gasteiger partial charge on any atom is -0.465 e. The van der Waals surface area contributed by atoms with Crippen LogP contribution >= 0.6 is 0 Å². The van der Waals surface area contributed by atoms with E-state index in [9.17, 15) is 0 Å². The highest BCUT2D eigenvalue weighted by molar-refractivity contribution is 5.13. The van der Waals surface area contributed by atoms with E-state index >= 15 is 0 Å². The molecule has 0 spiro atoms. The zero-order valence-electron chi connectivity index (χ0n) is 5.48. The first-order valence-corrected chi connectivity index (χ1v) is 3.34. The molecular weight excluding hydrogens is 112 g/mol. The van der Waals surface area contributed by atoms with E-state index in [4.69, 9.17) is 4.42 Å². The monoisotopic (exact) mass is 121 g/mol. The molecule has 1 saturated carbocycles. The van der Waals surface area contributed by atoms with Gasteiger partial charge in [-0.15, -0.1) is 0 Å². The standard InChI is InChI=1S/C8H9O/c1-6-2-5-8(9-6)7-3-4-7/h5,7H,3-4H2,1H3. The van der Waals surface area contributed by atoms with Crippen LogP contribution in [0.5, 0.6) is 0 Å². The molecule has 0 bridgehead atoms. The summed E-state index contributed by atoms with van der Waals surface area (Å²) in [6, 6.07) is 4.99. The summed E-state index contributed by atoms with van der Waals surface area (Å²) < 4.78 is 5.35. The summed E-state index contributed by atoms with van der Waals surface area (Å²) in [6.45, 7) is 1.94. The molecule has 0 N–H and O–H groups in total. The minimum atomic E-state index is 0.731. The quantitative estimate of drug-likeness (QED) is 0.555. The molecule has 0 amide bonds. The molecule has 1 heteroatoms. The molecule has 9 heavy (non-hydrogen) atoms. The van der Waals surface area contributed by atoms with Crippen molar-refractivity contribution in [2.24, 2.45) is 0 Å². The van der Waals surface area contributed by atoms with Crippen LogP contribution in [0.15, 0.2) is 10.5 Å². The molecule has 2 rings (SSSR count). The van der Waals surface area contributed by atoms with Crippen LogP contribution in [0.4, 0.5) is 0 Å². The fourth-order valence-corrected chi connectivity index (χ4v) is 0.977. The van der Waals surface area contributed by atoms with Crippen LogP contribution in [0.2, 0.25) is 0 Å². The van der Waals surface area contributed by atoms with Gasteiger partial charge in [0.05, 0.1) is 0 Å². The minimum absolute atomic E-state index is 0.731. The fraction of sp³-hybridized carbons (Fsp3) is 0.500. The van der Waals surface area contributed by atoms with Crippen LogP contribution < -0.4 is 0 Å². The molecule has 1 fully saturated rings. The summed E-state index contributed by atoms with van der Waals surface area (Å²) in [5.41, 5.74) is 0. The van der Waals surface area contributed by atoms with Crippen LogP contribution in [0.25, 0.3) is 0 Å². The molecule has 1 heterocycles. The molecule has 1 aromatic heterocycles. The third-order valence-corrected chi connectivity index (χ3v) is 1.67. The zero-order valence-corrected chi connectivity index (χ0v) is 5.48. The summed E-state index contributed by atoms with van der Waals surface area (Å²) in [7, 11) is 0. The van der Waals surface area contributed by atoms with Crippen molar-refractivity contribution in [2.75, 3.05) is 0 Å². The second kappa shape index (κ2) is 1.63. The molecule has 1 aliphatic rings. The maximum atomic E-state index is 5.35. The van der Waals surface area contributed by atoms with Gasteiger partial charge in [-0.3, -0.25) is 0 Å². The van der Waals surface area contributed by atoms with Gasteiger partial charge >= 0.3 is 0 Å². The van der Waals surface area contributed by atoms with Crippen molar-refractivity contribution in [2.45, 2.75) is 25.7 Å². The number of furan rings is 1. The Labute approximate surface area is 54.7 Å². The van der Waals surface area contributed by atoms with Gasteiger partial charge in [-0.1, -0.05) is 0 Å². The lowest BCUT2D eigenvalue weighted by Crippen LogP contribution is -1.67. The molecule has 0 atom stereocenters. The summed E-state index contributed by atoms with van der Waals surface area (Å²) in [4.78, 5) is 0. The second-order valence-corrected chi connectivity index (χ2v) is 2.62. The molecule has 0 aliphatic heterocycles. The van der Waals surface area contributed by atoms with Gasteiger partial charge in [0, 0.05) is 12.0 Å². The zero-order chi connectivity index (χ0) is 6.27. The first kappa shape index (κ1) is 5.10. The first-order valence-electron chi connectivity index (χ1n) is 3.34. The lowest BCUT2D eigenvalue weighted by Gasteiger charge is -1.85. The lowest BCUT2D eigenvalue weighted by molar-refractivity contribution is 0.485. The van der Waals surface area contributed by atoms with Crippen molar-refractivity contribution in [3.05, 3.63) is 23.7 Å². The lowest BCUT2D eigenvalue weighted by atomic mass is 10.3. The largest absolute Gasteiger partial charge is 0.465 e. The fourth-order valence-electron chi connectivity index (χ4n) is 0.977. The van der Waals surface area contributed by atoms with Crippen LogP contribution in [-0.2, 0) is 0 Å². The van der Waals surface area contributed by atoms with E-state index in [1.54, 1.807) is 0 Å². The SMILES string of the molecule is Cc1[c]cc(C2CC2)o1. The van der Waals surface area contributed by atoms with Gasteiger partial charge in [-0.2, -0.15) is 0 Å². The molecule has 0 saturated heterocycles. The summed E-state index contributed by atoms with van der Waals surface area (Å²) >= 11 is 0. The van der Waals surface area contributed by atoms with Crippen LogP contribution in [0.1, 0.15) is 30.3 Å². The van der Waals surface area contributed by atoms with Crippen LogP contribution in [0.3, 0.4) is 0 Å². The van der Waals surface area contributed by atoms with Gasteiger partial charge in [-0.05, 0) is 25.8 Å². The average molecular weight is 121 g/mol. The number of hydrogen-bond acceptors (Lipinski definition) is 1. The van der Waals surface area contributed by atoms with Gasteiger partial charge in [0.25, 0.3) is 0 Å². The van der Waals surface area contributed by atoms with Crippen molar-refractivity contribution < 1.29 is 4.42 Å². The smallest absolute Gasteiger partial charge is 0.109 e. The Morgan fingerprint density at radius 3 is 2.89 bits per heavy atom. The van der Waals surface area contributed by atoms with Gasteiger partial charge in [0.2, 0.25) is 0 Å². The molecule has 1 aromatic rings. The van der Waals surface area contributed by atoms with Gasteiger partial charge in [-0.25, -0.2) is 0 Å². The van der Waals surface area contributed by atoms with Crippen LogP contribution in [-0.4, -0.2) is 0 Å². The number of rotatable bonds is 1. The Morgan fingerprint density at radius 1 is 1.67 bits per heavy atom. The molecule has 1 aliphatic carbocycles. The summed E-state index contributed by atoms with van der Waals surface area (Å²) in [5.74, 6) is 2.78. The third-order valence-electron chi connectivity index (χ3n) is 1.67. The third kappa shape index (κ3) is 0.869. The molecule has 1 nitrogen and oxygen atoms in total. The molecule has 0 unspecified atom stereocenters. The van der Waals surface area contributed by atoms with E-state index in [0.29, 0.717) is 0 Å². The maximum absolute atomic E-state index is 5.35. The van der Waals surface area contributed by atoms with Crippen molar-refractivity contribution in [3.8, 4) is 0 Å². The highest BCUT2D eigenvalue weighted by Crippen LogP contribution is 2.40. The average Bonchev–Trinajstić information content (AvgIpc) is 2.58. The van der Waals surface area contributed by atoms with E-state index in [0.717, 1.165) is 17.4 Å². The van der Waals surface area contributed by atoms with E-state index in [2.05, 4.69) is 6.07 Å². The topological polar surface area (TPSA) is 13.1 Å². The Hall–Kier alpha value is -0.720. The van der Waals surface area contributed by atoms with Crippen molar-refractivity contribution in [1.82, 2.24) is 0 Å². The molecule has 0 aromatic carbocycles. The van der Waals surface area contributed by atoms with Crippen LogP contribution in [0, 0.1) is 13.0 Å². The Kier molecular flexibility index (Phi) is 0.922. The maximum Gasteiger partial charge on any atom is 0.109 e. The molecular formula is C8H9O. The predicted molar refractivity (Wildman–Crippen MR) is 34.3 cm³/mol. The van der Waals surface area contributed by atoms with E-state index in [1.165, 1.54) is 12.8 Å². The summed E-state index contributed by atoms with van der Waals surface area (Å²) in [5, 5.41) is 0. The Balaban J connectivity index is 2.28. The number of aryl methyl sites for hydroxylation is 1. The predicted octanol–water partition coefficient (Wildman–Crippen LogP) is 2.27. The molecule has 47 valence electrons. The number of hydrogen-bond donors (Lipinski definition) is 0. The summed E-state index contributed by atoms with van der Waals surface area (Å²) in [6.07, 6.45) is 2.61. The van der Waals surface area contributed by atoms with Gasteiger partial charge < -0.3 is 4.42 Å². The first-order chi connectivity index (χ1) is 4.36. The van der Waals surface area contributed by atoms with Crippen molar-refractivity contribution in [3.63, 3.8) is 0 Å². The highest BCUT2D eigenvalue weighted by atomic mass is 16.3. The Bertz CT molecular complexity index is 208. The van der Waals surface area contributed by atoms with E-state index in [-0.39, 0.29) is 0 Å². The van der Waals surface area contributed by atoms with Gasteiger partial charge in [0.15, 0.2) is 0 Å². The van der Waals surface area contributed by atoms with E-state index in [1.807, 2.05) is 13.0 Å².